The molecule has 0 aliphatic rings. The smallest absolute Gasteiger partial charge is 0.146 e. The molecular weight excluding hydrogens is 382 g/mol. The fourth-order valence-corrected chi connectivity index (χ4v) is 4.65. The second-order valence-electron chi connectivity index (χ2n) is 6.05. The Hall–Kier alpha value is -1.95. The summed E-state index contributed by atoms with van der Waals surface area (Å²) in [5.41, 5.74) is 5.35. The molecule has 0 aliphatic heterocycles. The zero-order valence-electron chi connectivity index (χ0n) is 14.4. The summed E-state index contributed by atoms with van der Waals surface area (Å²) < 4.78 is 1.10. The first-order valence-corrected chi connectivity index (χ1v) is 10.4. The molecule has 26 heavy (non-hydrogen) atoms. The monoisotopic (exact) mass is 397 g/mol. The highest BCUT2D eigenvalue weighted by Gasteiger charge is 2.16. The Bertz CT molecular complexity index is 1060. The Labute approximate surface area is 165 Å². The van der Waals surface area contributed by atoms with E-state index >= 15 is 0 Å². The van der Waals surface area contributed by atoms with Gasteiger partial charge in [0.2, 0.25) is 0 Å². The van der Waals surface area contributed by atoms with Gasteiger partial charge in [0.25, 0.3) is 0 Å². The van der Waals surface area contributed by atoms with E-state index in [0.29, 0.717) is 0 Å². The van der Waals surface area contributed by atoms with Crippen molar-refractivity contribution in [3.05, 3.63) is 69.7 Å². The second kappa shape index (κ2) is 7.35. The average Bonchev–Trinajstić information content (AvgIpc) is 3.03. The lowest BCUT2D eigenvalue weighted by molar-refractivity contribution is 0.955. The number of hydrogen-bond acceptors (Lipinski definition) is 5. The molecule has 0 bridgehead atoms. The zero-order chi connectivity index (χ0) is 18.1. The van der Waals surface area contributed by atoms with E-state index in [-0.39, 0.29) is 0 Å². The predicted molar refractivity (Wildman–Crippen MR) is 111 cm³/mol. The van der Waals surface area contributed by atoms with Gasteiger partial charge in [-0.2, -0.15) is 0 Å². The van der Waals surface area contributed by atoms with E-state index in [1.54, 1.807) is 23.1 Å². The molecule has 3 nitrogen and oxygen atoms in total. The van der Waals surface area contributed by atoms with Crippen molar-refractivity contribution in [3.8, 4) is 11.3 Å². The van der Waals surface area contributed by atoms with Gasteiger partial charge < -0.3 is 0 Å². The van der Waals surface area contributed by atoms with E-state index in [9.17, 15) is 0 Å². The van der Waals surface area contributed by atoms with E-state index in [1.807, 2.05) is 31.2 Å². The van der Waals surface area contributed by atoms with Crippen molar-refractivity contribution in [2.24, 2.45) is 0 Å². The number of fused-ring (bicyclic) bond motifs is 1. The summed E-state index contributed by atoms with van der Waals surface area (Å²) in [5.74, 6) is 0.807. The summed E-state index contributed by atoms with van der Waals surface area (Å²) in [6, 6.07) is 16.3. The molecule has 2 aromatic carbocycles. The Morgan fingerprint density at radius 2 is 1.69 bits per heavy atom. The van der Waals surface area contributed by atoms with Crippen LogP contribution in [0.15, 0.2) is 53.6 Å². The van der Waals surface area contributed by atoms with Crippen molar-refractivity contribution in [1.29, 1.82) is 0 Å². The van der Waals surface area contributed by atoms with Crippen LogP contribution in [0.25, 0.3) is 21.5 Å². The molecule has 0 spiro atoms. The maximum Gasteiger partial charge on any atom is 0.146 e. The van der Waals surface area contributed by atoms with E-state index in [0.717, 1.165) is 42.3 Å². The van der Waals surface area contributed by atoms with Crippen LogP contribution in [0.1, 0.15) is 16.1 Å². The van der Waals surface area contributed by atoms with Crippen molar-refractivity contribution in [2.45, 2.75) is 24.6 Å². The normalized spacial score (nSPS) is 11.2. The third-order valence-corrected chi connectivity index (χ3v) is 6.26. The van der Waals surface area contributed by atoms with Crippen LogP contribution in [0.5, 0.6) is 0 Å². The predicted octanol–water partition coefficient (Wildman–Crippen LogP) is 6.32. The second-order valence-corrected chi connectivity index (χ2v) is 8.65. The van der Waals surface area contributed by atoms with Crippen LogP contribution in [-0.4, -0.2) is 15.2 Å². The SMILES string of the molecule is Cc1ccc(-c2nnc(SCc3ccc(Cl)cc3)c3nc(C)sc23)cc1. The van der Waals surface area contributed by atoms with E-state index in [1.165, 1.54) is 11.1 Å². The average molecular weight is 398 g/mol. The lowest BCUT2D eigenvalue weighted by Crippen LogP contribution is -1.93. The van der Waals surface area contributed by atoms with Crippen molar-refractivity contribution in [3.63, 3.8) is 0 Å². The highest BCUT2D eigenvalue weighted by molar-refractivity contribution is 7.98. The summed E-state index contributed by atoms with van der Waals surface area (Å²) in [5, 5.41) is 11.7. The van der Waals surface area contributed by atoms with Crippen molar-refractivity contribution >= 4 is 44.9 Å². The summed E-state index contributed by atoms with van der Waals surface area (Å²) in [4.78, 5) is 4.72. The molecule has 0 amide bonds. The largest absolute Gasteiger partial charge is 0.238 e. The van der Waals surface area contributed by atoms with Crippen LogP contribution in [0, 0.1) is 13.8 Å². The Morgan fingerprint density at radius 1 is 0.962 bits per heavy atom. The number of hydrogen-bond donors (Lipinski definition) is 0. The Kier molecular flexibility index (Phi) is 4.94. The highest BCUT2D eigenvalue weighted by atomic mass is 35.5. The van der Waals surface area contributed by atoms with Gasteiger partial charge in [0, 0.05) is 16.3 Å². The number of thiazole rings is 1. The van der Waals surface area contributed by atoms with Gasteiger partial charge in [-0.3, -0.25) is 0 Å². The standard InChI is InChI=1S/C20H16ClN3S2/c1-12-3-7-15(8-4-12)17-19-18(22-13(2)26-19)20(24-23-17)25-11-14-5-9-16(21)10-6-14/h3-10H,11H2,1-2H3. The minimum atomic E-state index is 0.749. The molecule has 2 aromatic heterocycles. The number of thioether (sulfide) groups is 1. The Morgan fingerprint density at radius 3 is 2.42 bits per heavy atom. The van der Waals surface area contributed by atoms with E-state index in [4.69, 9.17) is 16.6 Å². The number of aromatic nitrogens is 3. The number of benzene rings is 2. The zero-order valence-corrected chi connectivity index (χ0v) is 16.8. The van der Waals surface area contributed by atoms with Crippen LogP contribution < -0.4 is 0 Å². The molecule has 6 heteroatoms. The molecule has 0 unspecified atom stereocenters. The van der Waals surface area contributed by atoms with Crippen LogP contribution >= 0.6 is 34.7 Å². The first-order chi connectivity index (χ1) is 12.6. The van der Waals surface area contributed by atoms with Gasteiger partial charge in [-0.05, 0) is 31.5 Å². The molecule has 0 atom stereocenters. The lowest BCUT2D eigenvalue weighted by atomic mass is 10.1. The molecule has 0 N–H and O–H groups in total. The topological polar surface area (TPSA) is 38.7 Å². The van der Waals surface area contributed by atoms with Gasteiger partial charge in [0.15, 0.2) is 0 Å². The summed E-state index contributed by atoms with van der Waals surface area (Å²) in [6.45, 7) is 4.11. The van der Waals surface area contributed by atoms with E-state index in [2.05, 4.69) is 41.4 Å². The van der Waals surface area contributed by atoms with Crippen molar-refractivity contribution < 1.29 is 0 Å². The van der Waals surface area contributed by atoms with Crippen LogP contribution in [0.3, 0.4) is 0 Å². The first kappa shape index (κ1) is 17.5. The number of aryl methyl sites for hydroxylation is 2. The highest BCUT2D eigenvalue weighted by Crippen LogP contribution is 2.36. The molecule has 130 valence electrons. The molecule has 0 saturated carbocycles. The van der Waals surface area contributed by atoms with Crippen LogP contribution in [0.2, 0.25) is 5.02 Å². The van der Waals surface area contributed by atoms with Gasteiger partial charge >= 0.3 is 0 Å². The molecule has 0 aliphatic carbocycles. The maximum atomic E-state index is 5.96. The van der Waals surface area contributed by atoms with Gasteiger partial charge in [-0.15, -0.1) is 21.5 Å². The van der Waals surface area contributed by atoms with Crippen molar-refractivity contribution in [1.82, 2.24) is 15.2 Å². The first-order valence-electron chi connectivity index (χ1n) is 8.18. The Balaban J connectivity index is 1.69. The van der Waals surface area contributed by atoms with Gasteiger partial charge in [-0.1, -0.05) is 65.3 Å². The number of halogens is 1. The molecule has 2 heterocycles. The third-order valence-electron chi connectivity index (χ3n) is 4.01. The van der Waals surface area contributed by atoms with Gasteiger partial charge in [0.1, 0.15) is 16.2 Å². The van der Waals surface area contributed by atoms with Crippen LogP contribution in [0.4, 0.5) is 0 Å². The van der Waals surface area contributed by atoms with Crippen molar-refractivity contribution in [2.75, 3.05) is 0 Å². The molecule has 0 radical (unpaired) electrons. The van der Waals surface area contributed by atoms with Gasteiger partial charge in [-0.25, -0.2) is 4.98 Å². The summed E-state index contributed by atoms with van der Waals surface area (Å²) in [6.07, 6.45) is 0. The minimum Gasteiger partial charge on any atom is -0.238 e. The fraction of sp³-hybridized carbons (Fsp3) is 0.150. The molecular formula is C20H16ClN3S2. The number of nitrogens with zero attached hydrogens (tertiary/aromatic N) is 3. The van der Waals surface area contributed by atoms with Crippen LogP contribution in [-0.2, 0) is 5.75 Å². The summed E-state index contributed by atoms with van der Waals surface area (Å²) in [7, 11) is 0. The number of rotatable bonds is 4. The van der Waals surface area contributed by atoms with E-state index < -0.39 is 0 Å². The fourth-order valence-electron chi connectivity index (χ4n) is 2.65. The van der Waals surface area contributed by atoms with Gasteiger partial charge in [0.05, 0.1) is 9.71 Å². The molecule has 0 saturated heterocycles. The lowest BCUT2D eigenvalue weighted by Gasteiger charge is -2.06. The third kappa shape index (κ3) is 3.61. The minimum absolute atomic E-state index is 0.749. The molecule has 0 fully saturated rings. The molecule has 4 aromatic rings. The summed E-state index contributed by atoms with van der Waals surface area (Å²) >= 11 is 9.28. The maximum absolute atomic E-state index is 5.96. The molecule has 4 rings (SSSR count). The quantitative estimate of drug-likeness (QED) is 0.378.